The van der Waals surface area contributed by atoms with E-state index in [1.54, 1.807) is 6.07 Å². The van der Waals surface area contributed by atoms with Gasteiger partial charge in [0.2, 0.25) is 5.89 Å². The van der Waals surface area contributed by atoms with Gasteiger partial charge in [-0.1, -0.05) is 12.1 Å². The maximum atomic E-state index is 11.1. The molecular formula is C14H20N6O2. The number of primary amides is 1. The molecule has 0 radical (unpaired) electrons. The molecule has 0 saturated carbocycles. The van der Waals surface area contributed by atoms with Crippen molar-refractivity contribution >= 4 is 5.91 Å². The minimum atomic E-state index is -0.506. The second-order valence-electron chi connectivity index (χ2n) is 5.60. The van der Waals surface area contributed by atoms with Crippen molar-refractivity contribution in [1.29, 1.82) is 0 Å². The summed E-state index contributed by atoms with van der Waals surface area (Å²) in [7, 11) is 0. The summed E-state index contributed by atoms with van der Waals surface area (Å²) in [4.78, 5) is 17.8. The van der Waals surface area contributed by atoms with E-state index in [-0.39, 0.29) is 5.69 Å². The van der Waals surface area contributed by atoms with E-state index in [1.807, 2.05) is 6.92 Å². The Morgan fingerprint density at radius 1 is 1.59 bits per heavy atom. The first-order valence-electron chi connectivity index (χ1n) is 7.54. The van der Waals surface area contributed by atoms with Gasteiger partial charge in [-0.05, 0) is 25.5 Å². The Labute approximate surface area is 128 Å². The molecule has 2 aromatic heterocycles. The predicted molar refractivity (Wildman–Crippen MR) is 78.0 cm³/mol. The smallest absolute Gasteiger partial charge is 0.269 e. The van der Waals surface area contributed by atoms with Crippen molar-refractivity contribution in [1.82, 2.24) is 25.2 Å². The topological polar surface area (TPSA) is 114 Å². The molecule has 1 aliphatic heterocycles. The Hall–Kier alpha value is -2.22. The van der Waals surface area contributed by atoms with Crippen LogP contribution in [0.5, 0.6) is 0 Å². The number of carbonyl (C=O) groups excluding carboxylic acids is 1. The fourth-order valence-corrected chi connectivity index (χ4v) is 2.81. The van der Waals surface area contributed by atoms with Crippen LogP contribution in [-0.2, 0) is 13.0 Å². The molecule has 1 aliphatic rings. The lowest BCUT2D eigenvalue weighted by Gasteiger charge is -2.30. The summed E-state index contributed by atoms with van der Waals surface area (Å²) in [6, 6.07) is 1.75. The van der Waals surface area contributed by atoms with Gasteiger partial charge in [0.15, 0.2) is 5.82 Å². The van der Waals surface area contributed by atoms with Crippen molar-refractivity contribution in [2.24, 2.45) is 5.73 Å². The third-order valence-corrected chi connectivity index (χ3v) is 3.98. The van der Waals surface area contributed by atoms with E-state index >= 15 is 0 Å². The molecule has 0 unspecified atom stereocenters. The highest BCUT2D eigenvalue weighted by Crippen LogP contribution is 2.26. The average Bonchev–Trinajstić information content (AvgIpc) is 3.16. The summed E-state index contributed by atoms with van der Waals surface area (Å²) >= 11 is 0. The van der Waals surface area contributed by atoms with Gasteiger partial charge in [-0.25, -0.2) is 0 Å². The number of hydrogen-bond donors (Lipinski definition) is 2. The van der Waals surface area contributed by atoms with Gasteiger partial charge in [0.25, 0.3) is 5.91 Å². The number of carbonyl (C=O) groups is 1. The number of H-pyrrole nitrogens is 1. The van der Waals surface area contributed by atoms with E-state index in [0.717, 1.165) is 43.9 Å². The van der Waals surface area contributed by atoms with Crippen molar-refractivity contribution in [3.05, 3.63) is 29.2 Å². The third kappa shape index (κ3) is 3.16. The normalized spacial score (nSPS) is 19.4. The van der Waals surface area contributed by atoms with Crippen molar-refractivity contribution in [3.63, 3.8) is 0 Å². The molecule has 2 aromatic rings. The number of aromatic amines is 1. The number of nitrogens with two attached hydrogens (primary N) is 1. The lowest BCUT2D eigenvalue weighted by molar-refractivity contribution is 0.0995. The predicted octanol–water partition coefficient (Wildman–Crippen LogP) is 0.834. The number of aromatic nitrogens is 4. The molecule has 3 heterocycles. The van der Waals surface area contributed by atoms with Crippen LogP contribution in [-0.4, -0.2) is 44.2 Å². The van der Waals surface area contributed by atoms with Crippen LogP contribution in [0.1, 0.15) is 53.6 Å². The SMILES string of the molecule is CCc1noc(CN2CCC[C@@H](c3cc(C(N)=O)n[nH]3)C2)n1. The van der Waals surface area contributed by atoms with E-state index in [2.05, 4.69) is 25.2 Å². The minimum absolute atomic E-state index is 0.289. The van der Waals surface area contributed by atoms with Crippen LogP contribution in [0.25, 0.3) is 0 Å². The second kappa shape index (κ2) is 6.27. The molecule has 0 aliphatic carbocycles. The van der Waals surface area contributed by atoms with Crippen LogP contribution in [0, 0.1) is 0 Å². The van der Waals surface area contributed by atoms with Crippen LogP contribution < -0.4 is 5.73 Å². The summed E-state index contributed by atoms with van der Waals surface area (Å²) in [5, 5.41) is 10.8. The summed E-state index contributed by atoms with van der Waals surface area (Å²) in [6.07, 6.45) is 2.90. The molecule has 1 saturated heterocycles. The molecule has 3 N–H and O–H groups in total. The molecule has 1 amide bonds. The number of nitrogens with one attached hydrogen (secondary N) is 1. The summed E-state index contributed by atoms with van der Waals surface area (Å²) in [5.74, 6) is 1.19. The second-order valence-corrected chi connectivity index (χ2v) is 5.60. The number of amides is 1. The summed E-state index contributed by atoms with van der Waals surface area (Å²) < 4.78 is 5.25. The summed E-state index contributed by atoms with van der Waals surface area (Å²) in [6.45, 7) is 4.52. The molecule has 1 fully saturated rings. The highest BCUT2D eigenvalue weighted by molar-refractivity contribution is 5.90. The molecule has 8 heteroatoms. The van der Waals surface area contributed by atoms with E-state index in [9.17, 15) is 4.79 Å². The van der Waals surface area contributed by atoms with Crippen LogP contribution in [0.4, 0.5) is 0 Å². The lowest BCUT2D eigenvalue weighted by Crippen LogP contribution is -2.34. The maximum Gasteiger partial charge on any atom is 0.269 e. The van der Waals surface area contributed by atoms with Crippen LogP contribution >= 0.6 is 0 Å². The highest BCUT2D eigenvalue weighted by Gasteiger charge is 2.24. The lowest BCUT2D eigenvalue weighted by atomic mass is 9.94. The zero-order valence-corrected chi connectivity index (χ0v) is 12.6. The van der Waals surface area contributed by atoms with Crippen molar-refractivity contribution in [2.45, 2.75) is 38.6 Å². The van der Waals surface area contributed by atoms with Crippen molar-refractivity contribution < 1.29 is 9.32 Å². The molecule has 118 valence electrons. The summed E-state index contributed by atoms with van der Waals surface area (Å²) in [5.41, 5.74) is 6.49. The van der Waals surface area contributed by atoms with Gasteiger partial charge in [0, 0.05) is 24.6 Å². The number of hydrogen-bond acceptors (Lipinski definition) is 6. The molecule has 8 nitrogen and oxygen atoms in total. The van der Waals surface area contributed by atoms with Gasteiger partial charge in [0.1, 0.15) is 5.69 Å². The molecule has 0 bridgehead atoms. The number of aryl methyl sites for hydroxylation is 1. The largest absolute Gasteiger partial charge is 0.364 e. The number of nitrogens with zero attached hydrogens (tertiary/aromatic N) is 4. The van der Waals surface area contributed by atoms with Gasteiger partial charge >= 0.3 is 0 Å². The molecule has 3 rings (SSSR count). The van der Waals surface area contributed by atoms with Gasteiger partial charge < -0.3 is 10.3 Å². The van der Waals surface area contributed by atoms with E-state index in [1.165, 1.54) is 0 Å². The van der Waals surface area contributed by atoms with Crippen LogP contribution in [0.15, 0.2) is 10.6 Å². The Morgan fingerprint density at radius 3 is 3.14 bits per heavy atom. The molecule has 1 atom stereocenters. The monoisotopic (exact) mass is 304 g/mol. The first-order valence-corrected chi connectivity index (χ1v) is 7.54. The van der Waals surface area contributed by atoms with E-state index in [0.29, 0.717) is 18.4 Å². The molecule has 22 heavy (non-hydrogen) atoms. The quantitative estimate of drug-likeness (QED) is 0.845. The number of rotatable bonds is 5. The van der Waals surface area contributed by atoms with E-state index in [4.69, 9.17) is 10.3 Å². The third-order valence-electron chi connectivity index (χ3n) is 3.98. The van der Waals surface area contributed by atoms with Crippen LogP contribution in [0.3, 0.4) is 0 Å². The Balaban J connectivity index is 1.64. The zero-order chi connectivity index (χ0) is 15.5. The van der Waals surface area contributed by atoms with Crippen molar-refractivity contribution in [3.8, 4) is 0 Å². The Bertz CT molecular complexity index is 649. The Morgan fingerprint density at radius 2 is 2.45 bits per heavy atom. The van der Waals surface area contributed by atoms with Gasteiger partial charge in [-0.3, -0.25) is 14.8 Å². The maximum absolute atomic E-state index is 11.1. The standard InChI is InChI=1S/C14H20N6O2/c1-2-12-16-13(22-19-12)8-20-5-3-4-9(7-20)10-6-11(14(15)21)18-17-10/h6,9H,2-5,7-8H2,1H3,(H2,15,21)(H,17,18)/t9-/m1/s1. The van der Waals surface area contributed by atoms with Crippen LogP contribution in [0.2, 0.25) is 0 Å². The first kappa shape index (κ1) is 14.7. The Kier molecular flexibility index (Phi) is 4.19. The first-order chi connectivity index (χ1) is 10.7. The zero-order valence-electron chi connectivity index (χ0n) is 12.6. The molecule has 0 aromatic carbocycles. The average molecular weight is 304 g/mol. The molecule has 0 spiro atoms. The van der Waals surface area contributed by atoms with Gasteiger partial charge in [-0.2, -0.15) is 10.1 Å². The fraction of sp³-hybridized carbons (Fsp3) is 0.571. The van der Waals surface area contributed by atoms with Crippen molar-refractivity contribution in [2.75, 3.05) is 13.1 Å². The minimum Gasteiger partial charge on any atom is -0.364 e. The highest BCUT2D eigenvalue weighted by atomic mass is 16.5. The number of piperidine rings is 1. The molecular weight excluding hydrogens is 284 g/mol. The number of likely N-dealkylation sites (tertiary alicyclic amines) is 1. The van der Waals surface area contributed by atoms with Gasteiger partial charge in [-0.15, -0.1) is 0 Å². The van der Waals surface area contributed by atoms with E-state index < -0.39 is 5.91 Å². The van der Waals surface area contributed by atoms with Gasteiger partial charge in [0.05, 0.1) is 6.54 Å². The fourth-order valence-electron chi connectivity index (χ4n) is 2.81.